The first-order valence-corrected chi connectivity index (χ1v) is 6.05. The Morgan fingerprint density at radius 1 is 1.32 bits per heavy atom. The van der Waals surface area contributed by atoms with Crippen molar-refractivity contribution in [1.29, 1.82) is 5.26 Å². The molecule has 2 heterocycles. The number of pyridine rings is 1. The predicted octanol–water partition coefficient (Wildman–Crippen LogP) is 3.16. The van der Waals surface area contributed by atoms with Gasteiger partial charge >= 0.3 is 0 Å². The SMILES string of the molecule is Cn1nccc1-c1ccc2ncc(Cl)cc2c1C#N. The second-order valence-electron chi connectivity index (χ2n) is 4.16. The summed E-state index contributed by atoms with van der Waals surface area (Å²) >= 11 is 5.97. The first kappa shape index (κ1) is 11.7. The number of hydrogen-bond acceptors (Lipinski definition) is 3. The minimum atomic E-state index is 0.520. The number of aromatic nitrogens is 3. The second-order valence-corrected chi connectivity index (χ2v) is 4.60. The average Bonchev–Trinajstić information content (AvgIpc) is 2.83. The summed E-state index contributed by atoms with van der Waals surface area (Å²) < 4.78 is 1.74. The van der Waals surface area contributed by atoms with Crippen molar-refractivity contribution in [2.45, 2.75) is 0 Å². The second kappa shape index (κ2) is 4.38. The third-order valence-corrected chi connectivity index (χ3v) is 3.25. The molecular formula is C14H9ClN4. The van der Waals surface area contributed by atoms with Crippen LogP contribution in [0, 0.1) is 11.3 Å². The molecule has 0 unspecified atom stereocenters. The number of fused-ring (bicyclic) bond motifs is 1. The quantitative estimate of drug-likeness (QED) is 0.681. The highest BCUT2D eigenvalue weighted by atomic mass is 35.5. The van der Waals surface area contributed by atoms with Crippen molar-refractivity contribution >= 4 is 22.5 Å². The molecule has 0 radical (unpaired) electrons. The summed E-state index contributed by atoms with van der Waals surface area (Å²) in [5.74, 6) is 0. The van der Waals surface area contributed by atoms with Crippen LogP contribution in [0.25, 0.3) is 22.2 Å². The maximum atomic E-state index is 9.45. The summed E-state index contributed by atoms with van der Waals surface area (Å²) in [4.78, 5) is 4.23. The van der Waals surface area contributed by atoms with Crippen LogP contribution in [0.4, 0.5) is 0 Å². The van der Waals surface area contributed by atoms with E-state index in [1.165, 1.54) is 0 Å². The van der Waals surface area contributed by atoms with E-state index in [-0.39, 0.29) is 0 Å². The van der Waals surface area contributed by atoms with Gasteiger partial charge < -0.3 is 0 Å². The Morgan fingerprint density at radius 3 is 2.84 bits per heavy atom. The lowest BCUT2D eigenvalue weighted by Gasteiger charge is -2.07. The van der Waals surface area contributed by atoms with Gasteiger partial charge in [-0.3, -0.25) is 9.67 Å². The number of nitriles is 1. The molecule has 19 heavy (non-hydrogen) atoms. The van der Waals surface area contributed by atoms with Crippen LogP contribution in [-0.2, 0) is 7.05 Å². The molecule has 4 nitrogen and oxygen atoms in total. The van der Waals surface area contributed by atoms with E-state index in [1.807, 2.05) is 25.2 Å². The first-order valence-electron chi connectivity index (χ1n) is 5.67. The van der Waals surface area contributed by atoms with Crippen LogP contribution in [0.1, 0.15) is 5.56 Å². The Bertz CT molecular complexity index is 814. The van der Waals surface area contributed by atoms with E-state index < -0.39 is 0 Å². The van der Waals surface area contributed by atoms with Crippen molar-refractivity contribution in [1.82, 2.24) is 14.8 Å². The molecule has 0 aliphatic rings. The van der Waals surface area contributed by atoms with Gasteiger partial charge in [-0.15, -0.1) is 0 Å². The highest BCUT2D eigenvalue weighted by Gasteiger charge is 2.12. The van der Waals surface area contributed by atoms with Crippen LogP contribution in [0.2, 0.25) is 5.02 Å². The summed E-state index contributed by atoms with van der Waals surface area (Å²) in [5, 5.41) is 14.9. The number of rotatable bonds is 1. The highest BCUT2D eigenvalue weighted by molar-refractivity contribution is 6.31. The lowest BCUT2D eigenvalue weighted by Crippen LogP contribution is -1.96. The van der Waals surface area contributed by atoms with Crippen molar-refractivity contribution in [3.8, 4) is 17.3 Å². The number of benzene rings is 1. The number of nitrogens with zero attached hydrogens (tertiary/aromatic N) is 4. The Hall–Kier alpha value is -2.38. The fraction of sp³-hybridized carbons (Fsp3) is 0.0714. The molecule has 0 fully saturated rings. The molecule has 0 bridgehead atoms. The standard InChI is InChI=1S/C14H9ClN4/c1-19-14(4-5-18-19)10-2-3-13-11(12(10)7-16)6-9(15)8-17-13/h2-6,8H,1H3. The lowest BCUT2D eigenvalue weighted by atomic mass is 10.0. The molecule has 5 heteroatoms. The van der Waals surface area contributed by atoms with Crippen LogP contribution in [0.15, 0.2) is 36.7 Å². The molecule has 92 valence electrons. The van der Waals surface area contributed by atoms with E-state index in [9.17, 15) is 5.26 Å². The molecule has 0 amide bonds. The van der Waals surface area contributed by atoms with Gasteiger partial charge in [0.2, 0.25) is 0 Å². The van der Waals surface area contributed by atoms with Gasteiger partial charge in [-0.2, -0.15) is 10.4 Å². The number of hydrogen-bond donors (Lipinski definition) is 0. The maximum Gasteiger partial charge on any atom is 0.101 e. The highest BCUT2D eigenvalue weighted by Crippen LogP contribution is 2.29. The zero-order valence-electron chi connectivity index (χ0n) is 10.1. The van der Waals surface area contributed by atoms with E-state index in [0.717, 1.165) is 22.2 Å². The normalized spacial score (nSPS) is 10.6. The Labute approximate surface area is 114 Å². The van der Waals surface area contributed by atoms with Gasteiger partial charge in [0.1, 0.15) is 6.07 Å². The van der Waals surface area contributed by atoms with Crippen LogP contribution < -0.4 is 0 Å². The van der Waals surface area contributed by atoms with Gasteiger partial charge in [0.15, 0.2) is 0 Å². The molecule has 1 aromatic carbocycles. The zero-order valence-corrected chi connectivity index (χ0v) is 10.9. The van der Waals surface area contributed by atoms with Gasteiger partial charge in [-0.1, -0.05) is 11.6 Å². The van der Waals surface area contributed by atoms with Crippen molar-refractivity contribution in [3.05, 3.63) is 47.2 Å². The molecule has 3 rings (SSSR count). The van der Waals surface area contributed by atoms with Crippen molar-refractivity contribution in [3.63, 3.8) is 0 Å². The topological polar surface area (TPSA) is 54.5 Å². The molecule has 0 aliphatic heterocycles. The van der Waals surface area contributed by atoms with E-state index in [4.69, 9.17) is 11.6 Å². The van der Waals surface area contributed by atoms with Crippen LogP contribution >= 0.6 is 11.6 Å². The number of aryl methyl sites for hydroxylation is 1. The van der Waals surface area contributed by atoms with Gasteiger partial charge in [-0.05, 0) is 24.3 Å². The van der Waals surface area contributed by atoms with Crippen molar-refractivity contribution in [2.24, 2.45) is 7.05 Å². The molecule has 0 aliphatic carbocycles. The Balaban J connectivity index is 2.39. The lowest BCUT2D eigenvalue weighted by molar-refractivity contribution is 0.776. The maximum absolute atomic E-state index is 9.45. The fourth-order valence-corrected chi connectivity index (χ4v) is 2.30. The molecule has 0 saturated carbocycles. The third-order valence-electron chi connectivity index (χ3n) is 3.04. The zero-order chi connectivity index (χ0) is 13.4. The minimum absolute atomic E-state index is 0.520. The van der Waals surface area contributed by atoms with Crippen LogP contribution in [0.5, 0.6) is 0 Å². The molecular weight excluding hydrogens is 260 g/mol. The summed E-state index contributed by atoms with van der Waals surface area (Å²) in [7, 11) is 1.84. The Kier molecular flexibility index (Phi) is 2.69. The Morgan fingerprint density at radius 2 is 2.16 bits per heavy atom. The summed E-state index contributed by atoms with van der Waals surface area (Å²) in [6.45, 7) is 0. The fourth-order valence-electron chi connectivity index (χ4n) is 2.15. The van der Waals surface area contributed by atoms with Crippen LogP contribution in [0.3, 0.4) is 0 Å². The molecule has 0 atom stereocenters. The van der Waals surface area contributed by atoms with E-state index >= 15 is 0 Å². The average molecular weight is 269 g/mol. The van der Waals surface area contributed by atoms with Crippen LogP contribution in [-0.4, -0.2) is 14.8 Å². The largest absolute Gasteiger partial charge is 0.268 e. The van der Waals surface area contributed by atoms with E-state index in [1.54, 1.807) is 23.1 Å². The minimum Gasteiger partial charge on any atom is -0.268 e. The third kappa shape index (κ3) is 1.85. The summed E-state index contributed by atoms with van der Waals surface area (Å²) in [5.41, 5.74) is 3.04. The van der Waals surface area contributed by atoms with E-state index in [2.05, 4.69) is 16.2 Å². The first-order chi connectivity index (χ1) is 9.20. The van der Waals surface area contributed by atoms with Gasteiger partial charge in [0, 0.05) is 30.4 Å². The van der Waals surface area contributed by atoms with Crippen molar-refractivity contribution < 1.29 is 0 Å². The van der Waals surface area contributed by atoms with Gasteiger partial charge in [0.05, 0.1) is 21.8 Å². The van der Waals surface area contributed by atoms with E-state index in [0.29, 0.717) is 10.6 Å². The molecule has 0 saturated heterocycles. The molecule has 0 N–H and O–H groups in total. The van der Waals surface area contributed by atoms with Crippen molar-refractivity contribution in [2.75, 3.05) is 0 Å². The monoisotopic (exact) mass is 268 g/mol. The molecule has 0 spiro atoms. The predicted molar refractivity (Wildman–Crippen MR) is 73.7 cm³/mol. The van der Waals surface area contributed by atoms with Gasteiger partial charge in [-0.25, -0.2) is 0 Å². The smallest absolute Gasteiger partial charge is 0.101 e. The summed E-state index contributed by atoms with van der Waals surface area (Å²) in [6, 6.07) is 9.65. The molecule has 3 aromatic rings. The van der Waals surface area contributed by atoms with Gasteiger partial charge in [0.25, 0.3) is 0 Å². The summed E-state index contributed by atoms with van der Waals surface area (Å²) in [6.07, 6.45) is 3.28. The number of halogens is 1. The molecule has 2 aromatic heterocycles.